The van der Waals surface area contributed by atoms with Crippen molar-refractivity contribution in [1.29, 1.82) is 0 Å². The minimum absolute atomic E-state index is 0.146. The van der Waals surface area contributed by atoms with E-state index in [2.05, 4.69) is 54.9 Å². The van der Waals surface area contributed by atoms with E-state index in [-0.39, 0.29) is 5.41 Å². The second-order valence-corrected chi connectivity index (χ2v) is 10.9. The van der Waals surface area contributed by atoms with E-state index >= 15 is 0 Å². The van der Waals surface area contributed by atoms with Crippen molar-refractivity contribution < 1.29 is 8.42 Å². The van der Waals surface area contributed by atoms with Crippen LogP contribution < -0.4 is 0 Å². The number of hydrogen-bond acceptors (Lipinski definition) is 2. The van der Waals surface area contributed by atoms with Crippen molar-refractivity contribution >= 4 is 31.3 Å². The SMILES string of the molecule is CC1C=CC2=C(C1)c1cc3c(cc1S2(=O)=O)-c1ccc(Br)cc1C3(C)C. The number of rotatable bonds is 0. The molecule has 0 bridgehead atoms. The molecule has 2 nitrogen and oxygen atoms in total. The van der Waals surface area contributed by atoms with Crippen molar-refractivity contribution in [3.63, 3.8) is 0 Å². The highest BCUT2D eigenvalue weighted by Gasteiger charge is 2.42. The van der Waals surface area contributed by atoms with E-state index in [0.29, 0.717) is 15.7 Å². The molecule has 132 valence electrons. The molecule has 0 saturated heterocycles. The first-order chi connectivity index (χ1) is 12.2. The Morgan fingerprint density at radius 1 is 1.04 bits per heavy atom. The lowest BCUT2D eigenvalue weighted by Crippen LogP contribution is -2.15. The van der Waals surface area contributed by atoms with Crippen LogP contribution in [0, 0.1) is 5.92 Å². The smallest absolute Gasteiger partial charge is 0.207 e. The molecule has 3 aliphatic rings. The third kappa shape index (κ3) is 1.95. The Kier molecular flexibility index (Phi) is 3.17. The number of hydrogen-bond donors (Lipinski definition) is 0. The van der Waals surface area contributed by atoms with E-state index in [4.69, 9.17) is 0 Å². The van der Waals surface area contributed by atoms with Gasteiger partial charge in [-0.3, -0.25) is 0 Å². The molecule has 1 unspecified atom stereocenters. The quantitative estimate of drug-likeness (QED) is 0.529. The zero-order valence-electron chi connectivity index (χ0n) is 14.9. The van der Waals surface area contributed by atoms with Gasteiger partial charge >= 0.3 is 0 Å². The molecule has 0 aromatic heterocycles. The van der Waals surface area contributed by atoms with Gasteiger partial charge in [0.05, 0.1) is 9.80 Å². The molecule has 0 amide bonds. The van der Waals surface area contributed by atoms with Gasteiger partial charge in [-0.05, 0) is 76.1 Å². The molecule has 0 fully saturated rings. The maximum atomic E-state index is 13.1. The number of sulfone groups is 1. The van der Waals surface area contributed by atoms with Gasteiger partial charge in [-0.1, -0.05) is 48.8 Å². The van der Waals surface area contributed by atoms with Crippen LogP contribution in [0.5, 0.6) is 0 Å². The molecule has 1 aliphatic heterocycles. The predicted molar refractivity (Wildman–Crippen MR) is 109 cm³/mol. The van der Waals surface area contributed by atoms with Crippen LogP contribution >= 0.6 is 15.9 Å². The van der Waals surface area contributed by atoms with Gasteiger partial charge in [-0.15, -0.1) is 0 Å². The molecule has 2 aliphatic carbocycles. The van der Waals surface area contributed by atoms with Crippen LogP contribution in [-0.4, -0.2) is 8.42 Å². The zero-order valence-corrected chi connectivity index (χ0v) is 17.3. The van der Waals surface area contributed by atoms with Gasteiger partial charge in [-0.25, -0.2) is 8.42 Å². The molecule has 26 heavy (non-hydrogen) atoms. The predicted octanol–water partition coefficient (Wildman–Crippen LogP) is 5.85. The van der Waals surface area contributed by atoms with Crippen molar-refractivity contribution in [3.05, 3.63) is 68.6 Å². The Labute approximate surface area is 162 Å². The Morgan fingerprint density at radius 3 is 2.54 bits per heavy atom. The Bertz CT molecular complexity index is 1170. The van der Waals surface area contributed by atoms with E-state index in [0.717, 1.165) is 33.2 Å². The van der Waals surface area contributed by atoms with E-state index in [1.165, 1.54) is 11.1 Å². The molecule has 2 aromatic rings. The van der Waals surface area contributed by atoms with Crippen LogP contribution in [0.15, 0.2) is 56.8 Å². The van der Waals surface area contributed by atoms with E-state index in [1.807, 2.05) is 18.2 Å². The van der Waals surface area contributed by atoms with Crippen LogP contribution in [-0.2, 0) is 15.3 Å². The summed E-state index contributed by atoms with van der Waals surface area (Å²) in [5, 5.41) is 0. The first-order valence-electron chi connectivity index (χ1n) is 8.87. The summed E-state index contributed by atoms with van der Waals surface area (Å²) in [6.45, 7) is 6.58. The fraction of sp³-hybridized carbons (Fsp3) is 0.273. The van der Waals surface area contributed by atoms with Crippen molar-refractivity contribution in [2.45, 2.75) is 37.5 Å². The van der Waals surface area contributed by atoms with Gasteiger partial charge in [0.15, 0.2) is 0 Å². The number of halogens is 1. The van der Waals surface area contributed by atoms with Crippen LogP contribution in [0.2, 0.25) is 0 Å². The summed E-state index contributed by atoms with van der Waals surface area (Å²) >= 11 is 3.57. The molecule has 2 aromatic carbocycles. The Hall–Kier alpha value is -1.65. The average molecular weight is 427 g/mol. The summed E-state index contributed by atoms with van der Waals surface area (Å²) in [5.41, 5.74) is 6.41. The van der Waals surface area contributed by atoms with Gasteiger partial charge < -0.3 is 0 Å². The summed E-state index contributed by atoms with van der Waals surface area (Å²) in [4.78, 5) is 0.981. The van der Waals surface area contributed by atoms with Crippen LogP contribution in [0.1, 0.15) is 43.9 Å². The largest absolute Gasteiger partial charge is 0.218 e. The molecule has 0 N–H and O–H groups in total. The molecular weight excluding hydrogens is 408 g/mol. The van der Waals surface area contributed by atoms with Crippen LogP contribution in [0.4, 0.5) is 0 Å². The van der Waals surface area contributed by atoms with Crippen molar-refractivity contribution in [3.8, 4) is 11.1 Å². The summed E-state index contributed by atoms with van der Waals surface area (Å²) in [7, 11) is -3.42. The van der Waals surface area contributed by atoms with Gasteiger partial charge in [0.25, 0.3) is 0 Å². The summed E-state index contributed by atoms with van der Waals surface area (Å²) in [6.07, 6.45) is 4.60. The molecule has 0 radical (unpaired) electrons. The first kappa shape index (κ1) is 16.5. The first-order valence-corrected chi connectivity index (χ1v) is 11.1. The third-order valence-corrected chi connectivity index (χ3v) is 8.41. The molecule has 0 saturated carbocycles. The molecule has 1 heterocycles. The van der Waals surface area contributed by atoms with E-state index < -0.39 is 9.84 Å². The fourth-order valence-corrected chi connectivity index (χ4v) is 6.77. The second kappa shape index (κ2) is 4.99. The lowest BCUT2D eigenvalue weighted by molar-refractivity contribution is 0.603. The van der Waals surface area contributed by atoms with E-state index in [1.54, 1.807) is 6.08 Å². The minimum atomic E-state index is -3.42. The average Bonchev–Trinajstić information content (AvgIpc) is 2.93. The monoisotopic (exact) mass is 426 g/mol. The Morgan fingerprint density at radius 2 is 1.77 bits per heavy atom. The highest BCUT2D eigenvalue weighted by Crippen LogP contribution is 2.54. The number of fused-ring (bicyclic) bond motifs is 5. The normalized spacial score (nSPS) is 23.5. The maximum Gasteiger partial charge on any atom is 0.207 e. The van der Waals surface area contributed by atoms with Crippen molar-refractivity contribution in [1.82, 2.24) is 0 Å². The summed E-state index contributed by atoms with van der Waals surface area (Å²) in [6, 6.07) is 10.3. The summed E-state index contributed by atoms with van der Waals surface area (Å²) < 4.78 is 27.3. The van der Waals surface area contributed by atoms with Crippen LogP contribution in [0.25, 0.3) is 16.7 Å². The molecule has 4 heteroatoms. The van der Waals surface area contributed by atoms with E-state index in [9.17, 15) is 8.42 Å². The molecule has 5 rings (SSSR count). The number of allylic oxidation sites excluding steroid dienone is 3. The number of benzene rings is 2. The van der Waals surface area contributed by atoms with Gasteiger partial charge in [0.2, 0.25) is 9.84 Å². The topological polar surface area (TPSA) is 34.1 Å². The lowest BCUT2D eigenvalue weighted by atomic mass is 9.81. The second-order valence-electron chi connectivity index (χ2n) is 8.10. The van der Waals surface area contributed by atoms with Gasteiger partial charge in [-0.2, -0.15) is 0 Å². The molecular formula is C22H19BrO2S. The van der Waals surface area contributed by atoms with Crippen molar-refractivity contribution in [2.75, 3.05) is 0 Å². The summed E-state index contributed by atoms with van der Waals surface area (Å²) in [5.74, 6) is 0.365. The van der Waals surface area contributed by atoms with Gasteiger partial charge in [0.1, 0.15) is 0 Å². The van der Waals surface area contributed by atoms with Gasteiger partial charge in [0, 0.05) is 9.89 Å². The Balaban J connectivity index is 1.83. The van der Waals surface area contributed by atoms with Crippen LogP contribution in [0.3, 0.4) is 0 Å². The molecule has 0 spiro atoms. The maximum absolute atomic E-state index is 13.1. The fourth-order valence-electron chi connectivity index (χ4n) is 4.65. The zero-order chi connectivity index (χ0) is 18.4. The molecule has 1 atom stereocenters. The van der Waals surface area contributed by atoms with Crippen molar-refractivity contribution in [2.24, 2.45) is 5.92 Å². The highest BCUT2D eigenvalue weighted by atomic mass is 79.9. The minimum Gasteiger partial charge on any atom is -0.218 e. The highest BCUT2D eigenvalue weighted by molar-refractivity contribution is 9.10. The third-order valence-electron chi connectivity index (χ3n) is 6.04. The lowest BCUT2D eigenvalue weighted by Gasteiger charge is -2.22. The standard InChI is InChI=1S/C22H19BrO2S/c1-12-4-7-20-16(8-12)17-10-19-15(11-21(17)26(20,24)25)14-6-5-13(23)9-18(14)22(19,2)3/h4-7,9-12H,8H2,1-3H3.